The van der Waals surface area contributed by atoms with E-state index in [4.69, 9.17) is 5.73 Å². The second-order valence-electron chi connectivity index (χ2n) is 4.04. The van der Waals surface area contributed by atoms with E-state index in [2.05, 4.69) is 11.9 Å². The molecule has 1 saturated carbocycles. The van der Waals surface area contributed by atoms with E-state index in [0.717, 1.165) is 18.2 Å². The lowest BCUT2D eigenvalue weighted by atomic mass is 10.2. The average molecular weight is 192 g/mol. The monoisotopic (exact) mass is 192 g/mol. The van der Waals surface area contributed by atoms with Gasteiger partial charge in [-0.25, -0.2) is 0 Å². The number of aromatic hydroxyl groups is 1. The van der Waals surface area contributed by atoms with Crippen molar-refractivity contribution in [2.45, 2.75) is 25.4 Å². The Labute approximate surface area is 84.1 Å². The van der Waals surface area contributed by atoms with Crippen molar-refractivity contribution < 1.29 is 5.11 Å². The molecule has 3 heteroatoms. The van der Waals surface area contributed by atoms with Crippen LogP contribution in [0.4, 0.5) is 5.69 Å². The molecule has 14 heavy (non-hydrogen) atoms. The van der Waals surface area contributed by atoms with Crippen molar-refractivity contribution in [2.24, 2.45) is 0 Å². The van der Waals surface area contributed by atoms with Crippen molar-refractivity contribution in [3.8, 4) is 5.75 Å². The summed E-state index contributed by atoms with van der Waals surface area (Å²) in [6, 6.07) is 6.18. The van der Waals surface area contributed by atoms with Gasteiger partial charge in [-0.1, -0.05) is 6.07 Å². The third-order valence-corrected chi connectivity index (χ3v) is 2.69. The molecule has 2 rings (SSSR count). The molecule has 0 aromatic heterocycles. The van der Waals surface area contributed by atoms with Crippen molar-refractivity contribution in [1.82, 2.24) is 4.90 Å². The normalized spacial score (nSPS) is 16.1. The van der Waals surface area contributed by atoms with Gasteiger partial charge in [0.05, 0.1) is 5.69 Å². The van der Waals surface area contributed by atoms with E-state index >= 15 is 0 Å². The number of phenolic OH excluding ortho intramolecular Hbond substituents is 1. The van der Waals surface area contributed by atoms with E-state index in [1.165, 1.54) is 12.8 Å². The summed E-state index contributed by atoms with van der Waals surface area (Å²) in [6.07, 6.45) is 2.62. The fraction of sp³-hybridized carbons (Fsp3) is 0.455. The Morgan fingerprint density at radius 3 is 2.79 bits per heavy atom. The summed E-state index contributed by atoms with van der Waals surface area (Å²) in [7, 11) is 2.13. The Bertz CT molecular complexity index is 334. The van der Waals surface area contributed by atoms with Crippen LogP contribution in [0.2, 0.25) is 0 Å². The second kappa shape index (κ2) is 3.50. The molecule has 3 nitrogen and oxygen atoms in total. The first-order chi connectivity index (χ1) is 6.66. The van der Waals surface area contributed by atoms with Crippen LogP contribution in [0.1, 0.15) is 18.4 Å². The van der Waals surface area contributed by atoms with Gasteiger partial charge in [0.1, 0.15) is 5.75 Å². The predicted molar refractivity (Wildman–Crippen MR) is 57.0 cm³/mol. The highest BCUT2D eigenvalue weighted by molar-refractivity contribution is 5.53. The number of rotatable bonds is 3. The fourth-order valence-electron chi connectivity index (χ4n) is 1.63. The van der Waals surface area contributed by atoms with Crippen LogP contribution in [0.5, 0.6) is 5.75 Å². The summed E-state index contributed by atoms with van der Waals surface area (Å²) in [5, 5.41) is 9.26. The maximum absolute atomic E-state index is 9.26. The molecule has 76 valence electrons. The fourth-order valence-corrected chi connectivity index (χ4v) is 1.63. The number of nitrogens with zero attached hydrogens (tertiary/aromatic N) is 1. The number of nitrogen functional groups attached to an aromatic ring is 1. The third kappa shape index (κ3) is 1.99. The van der Waals surface area contributed by atoms with E-state index in [9.17, 15) is 5.11 Å². The van der Waals surface area contributed by atoms with Crippen LogP contribution in [0.15, 0.2) is 18.2 Å². The zero-order valence-electron chi connectivity index (χ0n) is 8.40. The summed E-state index contributed by atoms with van der Waals surface area (Å²) in [4.78, 5) is 2.33. The summed E-state index contributed by atoms with van der Waals surface area (Å²) < 4.78 is 0. The molecule has 1 aromatic rings. The molecular weight excluding hydrogens is 176 g/mol. The number of anilines is 1. The van der Waals surface area contributed by atoms with E-state index in [0.29, 0.717) is 5.69 Å². The summed E-state index contributed by atoms with van der Waals surface area (Å²) in [5.41, 5.74) is 7.25. The maximum Gasteiger partial charge on any atom is 0.138 e. The zero-order valence-corrected chi connectivity index (χ0v) is 8.40. The molecule has 3 N–H and O–H groups in total. The lowest BCUT2D eigenvalue weighted by molar-refractivity contribution is 0.316. The van der Waals surface area contributed by atoms with Crippen LogP contribution in [-0.4, -0.2) is 23.1 Å². The van der Waals surface area contributed by atoms with Gasteiger partial charge >= 0.3 is 0 Å². The highest BCUT2D eigenvalue weighted by Crippen LogP contribution is 2.28. The minimum Gasteiger partial charge on any atom is -0.506 e. The van der Waals surface area contributed by atoms with Gasteiger partial charge in [0, 0.05) is 12.6 Å². The molecule has 0 spiro atoms. The molecule has 0 radical (unpaired) electrons. The highest BCUT2D eigenvalue weighted by atomic mass is 16.3. The molecule has 0 aliphatic heterocycles. The van der Waals surface area contributed by atoms with Gasteiger partial charge in [-0.15, -0.1) is 0 Å². The number of hydrogen-bond donors (Lipinski definition) is 2. The van der Waals surface area contributed by atoms with Crippen molar-refractivity contribution >= 4 is 5.69 Å². The van der Waals surface area contributed by atoms with E-state index in [1.54, 1.807) is 6.07 Å². The minimum atomic E-state index is 0.169. The standard InChI is InChI=1S/C11H16N2O/c1-13(9-3-4-9)7-8-2-5-11(14)10(12)6-8/h2,5-6,9,14H,3-4,7,12H2,1H3. The van der Waals surface area contributed by atoms with E-state index in [1.807, 2.05) is 12.1 Å². The summed E-state index contributed by atoms with van der Waals surface area (Å²) in [5.74, 6) is 0.169. The average Bonchev–Trinajstić information content (AvgIpc) is 2.94. The van der Waals surface area contributed by atoms with Crippen LogP contribution in [0.3, 0.4) is 0 Å². The Balaban J connectivity index is 2.04. The van der Waals surface area contributed by atoms with Crippen LogP contribution in [0.25, 0.3) is 0 Å². The minimum absolute atomic E-state index is 0.169. The van der Waals surface area contributed by atoms with Gasteiger partial charge in [-0.05, 0) is 37.6 Å². The van der Waals surface area contributed by atoms with Crippen molar-refractivity contribution in [1.29, 1.82) is 0 Å². The molecule has 0 saturated heterocycles. The smallest absolute Gasteiger partial charge is 0.138 e. The lowest BCUT2D eigenvalue weighted by Crippen LogP contribution is -2.19. The van der Waals surface area contributed by atoms with Gasteiger partial charge in [-0.3, -0.25) is 4.90 Å². The van der Waals surface area contributed by atoms with Crippen molar-refractivity contribution in [3.63, 3.8) is 0 Å². The number of hydrogen-bond acceptors (Lipinski definition) is 3. The topological polar surface area (TPSA) is 49.5 Å². The van der Waals surface area contributed by atoms with Gasteiger partial charge < -0.3 is 10.8 Å². The zero-order chi connectivity index (χ0) is 10.1. The second-order valence-corrected chi connectivity index (χ2v) is 4.04. The van der Waals surface area contributed by atoms with Crippen LogP contribution in [-0.2, 0) is 6.54 Å². The highest BCUT2D eigenvalue weighted by Gasteiger charge is 2.25. The Morgan fingerprint density at radius 1 is 1.50 bits per heavy atom. The third-order valence-electron chi connectivity index (χ3n) is 2.69. The molecule has 1 aliphatic carbocycles. The molecule has 1 aromatic carbocycles. The summed E-state index contributed by atoms with van der Waals surface area (Å²) >= 11 is 0. The molecule has 0 heterocycles. The molecular formula is C11H16N2O. The molecule has 0 atom stereocenters. The van der Waals surface area contributed by atoms with Crippen LogP contribution < -0.4 is 5.73 Å². The maximum atomic E-state index is 9.26. The van der Waals surface area contributed by atoms with E-state index < -0.39 is 0 Å². The first-order valence-electron chi connectivity index (χ1n) is 4.94. The molecule has 0 unspecified atom stereocenters. The Hall–Kier alpha value is -1.22. The Morgan fingerprint density at radius 2 is 2.21 bits per heavy atom. The quantitative estimate of drug-likeness (QED) is 0.564. The van der Waals surface area contributed by atoms with Crippen molar-refractivity contribution in [2.75, 3.05) is 12.8 Å². The molecule has 0 bridgehead atoms. The van der Waals surface area contributed by atoms with Crippen molar-refractivity contribution in [3.05, 3.63) is 23.8 Å². The van der Waals surface area contributed by atoms with Gasteiger partial charge in [-0.2, -0.15) is 0 Å². The van der Waals surface area contributed by atoms with Gasteiger partial charge in [0.2, 0.25) is 0 Å². The van der Waals surface area contributed by atoms with Gasteiger partial charge in [0.15, 0.2) is 0 Å². The largest absolute Gasteiger partial charge is 0.506 e. The SMILES string of the molecule is CN(Cc1ccc(O)c(N)c1)C1CC1. The van der Waals surface area contributed by atoms with E-state index in [-0.39, 0.29) is 5.75 Å². The Kier molecular flexibility index (Phi) is 2.33. The first-order valence-corrected chi connectivity index (χ1v) is 4.94. The lowest BCUT2D eigenvalue weighted by Gasteiger charge is -2.15. The first kappa shape index (κ1) is 9.34. The number of benzene rings is 1. The summed E-state index contributed by atoms with van der Waals surface area (Å²) in [6.45, 7) is 0.912. The van der Waals surface area contributed by atoms with Crippen LogP contribution >= 0.6 is 0 Å². The van der Waals surface area contributed by atoms with Crippen LogP contribution in [0, 0.1) is 0 Å². The number of phenols is 1. The molecule has 1 aliphatic rings. The molecule has 1 fully saturated rings. The molecule has 0 amide bonds. The predicted octanol–water partition coefficient (Wildman–Crippen LogP) is 1.57. The van der Waals surface area contributed by atoms with Gasteiger partial charge in [0.25, 0.3) is 0 Å². The number of nitrogens with two attached hydrogens (primary N) is 1.